The minimum atomic E-state index is -0.474. The van der Waals surface area contributed by atoms with Crippen molar-refractivity contribution >= 4 is 21.8 Å². The second-order valence-electron chi connectivity index (χ2n) is 3.48. The maximum Gasteiger partial charge on any atom is 0.346 e. The van der Waals surface area contributed by atoms with Crippen molar-refractivity contribution in [3.8, 4) is 0 Å². The number of aromatic amines is 2. The van der Waals surface area contributed by atoms with Crippen LogP contribution in [-0.4, -0.2) is 15.0 Å². The number of hydrogen-bond donors (Lipinski definition) is 2. The van der Waals surface area contributed by atoms with Gasteiger partial charge in [0.05, 0.1) is 0 Å². The molecule has 78 valence electrons. The molecule has 0 aliphatic carbocycles. The maximum absolute atomic E-state index is 11.7. The highest BCUT2D eigenvalue weighted by atomic mass is 16.1. The monoisotopic (exact) mass is 213 g/mol. The minimum absolute atomic E-state index is 0.218. The molecule has 3 aromatic rings. The Balaban J connectivity index is 2.69. The van der Waals surface area contributed by atoms with Crippen molar-refractivity contribution in [3.63, 3.8) is 0 Å². The Labute approximate surface area is 88.8 Å². The van der Waals surface area contributed by atoms with E-state index in [1.165, 1.54) is 6.20 Å². The van der Waals surface area contributed by atoms with E-state index in [1.54, 1.807) is 12.1 Å². The van der Waals surface area contributed by atoms with Crippen LogP contribution in [0.3, 0.4) is 0 Å². The zero-order valence-corrected chi connectivity index (χ0v) is 8.15. The quantitative estimate of drug-likeness (QED) is 0.541. The molecule has 0 radical (unpaired) electrons. The summed E-state index contributed by atoms with van der Waals surface area (Å²) in [6.45, 7) is 0. The van der Waals surface area contributed by atoms with Crippen LogP contribution in [0.15, 0.2) is 40.1 Å². The summed E-state index contributed by atoms with van der Waals surface area (Å²) >= 11 is 0. The van der Waals surface area contributed by atoms with Crippen molar-refractivity contribution in [1.29, 1.82) is 0 Å². The largest absolute Gasteiger partial charge is 0.346 e. The number of fused-ring (bicyclic) bond motifs is 3. The second kappa shape index (κ2) is 3.03. The van der Waals surface area contributed by atoms with Gasteiger partial charge >= 0.3 is 5.69 Å². The molecule has 0 aliphatic heterocycles. The smallest absolute Gasteiger partial charge is 0.307 e. The van der Waals surface area contributed by atoms with Gasteiger partial charge in [-0.05, 0) is 11.5 Å². The van der Waals surface area contributed by atoms with Crippen LogP contribution < -0.4 is 11.2 Å². The highest BCUT2D eigenvalue weighted by Crippen LogP contribution is 2.17. The molecule has 5 nitrogen and oxygen atoms in total. The Morgan fingerprint density at radius 1 is 0.938 bits per heavy atom. The SMILES string of the molecule is O=c1ncc2c([nH]1)[nH]c(=O)c1ccccc12. The lowest BCUT2D eigenvalue weighted by Crippen LogP contribution is -2.14. The number of hydrogen-bond acceptors (Lipinski definition) is 3. The summed E-state index contributed by atoms with van der Waals surface area (Å²) in [6.07, 6.45) is 1.46. The first-order chi connectivity index (χ1) is 7.75. The molecule has 0 saturated heterocycles. The fraction of sp³-hybridized carbons (Fsp3) is 0. The van der Waals surface area contributed by atoms with E-state index in [4.69, 9.17) is 0 Å². The Bertz CT molecular complexity index is 801. The number of pyridine rings is 1. The van der Waals surface area contributed by atoms with Crippen LogP contribution in [-0.2, 0) is 0 Å². The van der Waals surface area contributed by atoms with E-state index >= 15 is 0 Å². The molecule has 0 amide bonds. The number of nitrogens with one attached hydrogen (secondary N) is 2. The third kappa shape index (κ3) is 1.15. The fourth-order valence-electron chi connectivity index (χ4n) is 1.79. The molecule has 0 spiro atoms. The molecule has 0 atom stereocenters. The first-order valence-corrected chi connectivity index (χ1v) is 4.76. The van der Waals surface area contributed by atoms with Gasteiger partial charge < -0.3 is 4.98 Å². The predicted molar refractivity (Wildman–Crippen MR) is 60.5 cm³/mol. The van der Waals surface area contributed by atoms with Gasteiger partial charge in [-0.1, -0.05) is 18.2 Å². The van der Waals surface area contributed by atoms with E-state index in [1.807, 2.05) is 12.1 Å². The Morgan fingerprint density at radius 3 is 2.50 bits per heavy atom. The summed E-state index contributed by atoms with van der Waals surface area (Å²) in [7, 11) is 0. The minimum Gasteiger partial charge on any atom is -0.307 e. The van der Waals surface area contributed by atoms with Crippen LogP contribution in [0.4, 0.5) is 0 Å². The molecule has 5 heteroatoms. The van der Waals surface area contributed by atoms with Crippen molar-refractivity contribution < 1.29 is 0 Å². The van der Waals surface area contributed by atoms with E-state index in [2.05, 4.69) is 15.0 Å². The predicted octanol–water partition coefficient (Wildman–Crippen LogP) is 0.765. The Hall–Kier alpha value is -2.43. The van der Waals surface area contributed by atoms with Gasteiger partial charge in [-0.15, -0.1) is 0 Å². The van der Waals surface area contributed by atoms with Gasteiger partial charge in [-0.3, -0.25) is 9.78 Å². The van der Waals surface area contributed by atoms with Crippen molar-refractivity contribution in [1.82, 2.24) is 15.0 Å². The summed E-state index contributed by atoms with van der Waals surface area (Å²) in [6, 6.07) is 7.19. The van der Waals surface area contributed by atoms with E-state index in [0.717, 1.165) is 10.8 Å². The van der Waals surface area contributed by atoms with E-state index < -0.39 is 5.69 Å². The lowest BCUT2D eigenvalue weighted by atomic mass is 10.1. The van der Waals surface area contributed by atoms with Crippen molar-refractivity contribution in [2.24, 2.45) is 0 Å². The third-order valence-electron chi connectivity index (χ3n) is 2.51. The lowest BCUT2D eigenvalue weighted by Gasteiger charge is -2.01. The molecule has 0 bridgehead atoms. The van der Waals surface area contributed by atoms with Crippen LogP contribution >= 0.6 is 0 Å². The van der Waals surface area contributed by atoms with Gasteiger partial charge in [0, 0.05) is 17.0 Å². The van der Waals surface area contributed by atoms with Gasteiger partial charge in [0.1, 0.15) is 5.65 Å². The third-order valence-corrected chi connectivity index (χ3v) is 2.51. The van der Waals surface area contributed by atoms with E-state index in [0.29, 0.717) is 11.0 Å². The van der Waals surface area contributed by atoms with Crippen LogP contribution in [0.25, 0.3) is 21.8 Å². The van der Waals surface area contributed by atoms with Crippen molar-refractivity contribution in [2.45, 2.75) is 0 Å². The zero-order chi connectivity index (χ0) is 11.1. The molecular formula is C11H7N3O2. The van der Waals surface area contributed by atoms with Gasteiger partial charge in [0.25, 0.3) is 5.56 Å². The van der Waals surface area contributed by atoms with Gasteiger partial charge in [-0.2, -0.15) is 0 Å². The summed E-state index contributed by atoms with van der Waals surface area (Å²) in [5, 5.41) is 2.10. The number of aromatic nitrogens is 3. The summed E-state index contributed by atoms with van der Waals surface area (Å²) in [5.41, 5.74) is -0.285. The molecule has 0 aliphatic rings. The van der Waals surface area contributed by atoms with Crippen molar-refractivity contribution in [2.75, 3.05) is 0 Å². The summed E-state index contributed by atoms with van der Waals surface area (Å²) in [5.74, 6) is 0. The highest BCUT2D eigenvalue weighted by Gasteiger charge is 2.04. The average Bonchev–Trinajstić information content (AvgIpc) is 2.29. The second-order valence-corrected chi connectivity index (χ2v) is 3.48. The molecule has 1 aromatic carbocycles. The first kappa shape index (κ1) is 8.84. The molecule has 0 unspecified atom stereocenters. The van der Waals surface area contributed by atoms with Crippen LogP contribution in [0.5, 0.6) is 0 Å². The molecule has 2 aromatic heterocycles. The highest BCUT2D eigenvalue weighted by molar-refractivity contribution is 6.03. The molecule has 0 fully saturated rings. The van der Waals surface area contributed by atoms with E-state index in [-0.39, 0.29) is 5.56 Å². The Kier molecular flexibility index (Phi) is 1.67. The first-order valence-electron chi connectivity index (χ1n) is 4.76. The fourth-order valence-corrected chi connectivity index (χ4v) is 1.79. The zero-order valence-electron chi connectivity index (χ0n) is 8.15. The van der Waals surface area contributed by atoms with Gasteiger partial charge in [0.15, 0.2) is 0 Å². The summed E-state index contributed by atoms with van der Waals surface area (Å²) < 4.78 is 0. The molecule has 2 N–H and O–H groups in total. The van der Waals surface area contributed by atoms with Crippen LogP contribution in [0.1, 0.15) is 0 Å². The van der Waals surface area contributed by atoms with Crippen LogP contribution in [0.2, 0.25) is 0 Å². The Morgan fingerprint density at radius 2 is 1.69 bits per heavy atom. The number of nitrogens with zero attached hydrogens (tertiary/aromatic N) is 1. The number of rotatable bonds is 0. The van der Waals surface area contributed by atoms with Gasteiger partial charge in [0.2, 0.25) is 0 Å². The molecular weight excluding hydrogens is 206 g/mol. The summed E-state index contributed by atoms with van der Waals surface area (Å²) in [4.78, 5) is 31.5. The standard InChI is InChI=1S/C11H7N3O2/c15-10-7-4-2-1-3-6(7)8-5-12-11(16)14-9(8)13-10/h1-5H,(H2,12,13,14,15,16). The van der Waals surface area contributed by atoms with E-state index in [9.17, 15) is 9.59 Å². The number of H-pyrrole nitrogens is 2. The van der Waals surface area contributed by atoms with Crippen molar-refractivity contribution in [3.05, 3.63) is 51.3 Å². The number of benzene rings is 1. The molecule has 2 heterocycles. The topological polar surface area (TPSA) is 78.6 Å². The normalized spacial score (nSPS) is 11.0. The average molecular weight is 213 g/mol. The molecule has 0 saturated carbocycles. The molecule has 16 heavy (non-hydrogen) atoms. The van der Waals surface area contributed by atoms with Gasteiger partial charge in [-0.25, -0.2) is 9.78 Å². The maximum atomic E-state index is 11.7. The lowest BCUT2D eigenvalue weighted by molar-refractivity contribution is 1.09. The molecule has 3 rings (SSSR count). The van der Waals surface area contributed by atoms with Crippen LogP contribution in [0, 0.1) is 0 Å².